The lowest BCUT2D eigenvalue weighted by molar-refractivity contribution is -0.697. The third-order valence-electron chi connectivity index (χ3n) is 6.67. The summed E-state index contributed by atoms with van der Waals surface area (Å²) < 4.78 is 12.5. The van der Waals surface area contributed by atoms with Gasteiger partial charge in [-0.05, 0) is 48.5 Å². The summed E-state index contributed by atoms with van der Waals surface area (Å²) in [6.07, 6.45) is 16.2. The van der Waals surface area contributed by atoms with Gasteiger partial charge in [-0.25, -0.2) is 27.4 Å². The van der Waals surface area contributed by atoms with Crippen molar-refractivity contribution in [3.05, 3.63) is 92.0 Å². The molecule has 12 nitrogen and oxygen atoms in total. The van der Waals surface area contributed by atoms with E-state index in [1.165, 1.54) is 0 Å². The SMILES string of the molecule is C[n+]1ccn(CCCn2cc[n+](CCCn3cc[n+](C)c3N=Nc3ccc(O)cc3)c2)c1N=Nc1ccc(O)cc1. The van der Waals surface area contributed by atoms with Crippen LogP contribution in [0.2, 0.25) is 0 Å². The quantitative estimate of drug-likeness (QED) is 0.175. The van der Waals surface area contributed by atoms with Gasteiger partial charge in [-0.1, -0.05) is 10.2 Å². The van der Waals surface area contributed by atoms with Crippen molar-refractivity contribution < 1.29 is 23.9 Å². The number of aromatic nitrogens is 6. The van der Waals surface area contributed by atoms with Gasteiger partial charge in [-0.15, -0.1) is 0 Å². The van der Waals surface area contributed by atoms with E-state index in [1.807, 2.05) is 48.0 Å². The highest BCUT2D eigenvalue weighted by atomic mass is 16.3. The van der Waals surface area contributed by atoms with Gasteiger partial charge in [0, 0.05) is 23.1 Å². The minimum atomic E-state index is 0.207. The van der Waals surface area contributed by atoms with E-state index >= 15 is 0 Å². The molecule has 0 saturated carbocycles. The Balaban J connectivity index is 1.10. The zero-order valence-corrected chi connectivity index (χ0v) is 23.3. The highest BCUT2D eigenvalue weighted by molar-refractivity contribution is 5.41. The molecule has 41 heavy (non-hydrogen) atoms. The fourth-order valence-electron chi connectivity index (χ4n) is 4.43. The molecule has 0 saturated heterocycles. The molecule has 0 atom stereocenters. The Hall–Kier alpha value is -5.13. The van der Waals surface area contributed by atoms with E-state index in [4.69, 9.17) is 0 Å². The number of rotatable bonds is 12. The third kappa shape index (κ3) is 7.29. The maximum Gasteiger partial charge on any atom is 0.421 e. The second kappa shape index (κ2) is 12.8. The Bertz CT molecular complexity index is 1510. The molecule has 0 bridgehead atoms. The van der Waals surface area contributed by atoms with E-state index in [1.54, 1.807) is 48.5 Å². The van der Waals surface area contributed by atoms with Gasteiger partial charge in [0.2, 0.25) is 6.33 Å². The molecule has 12 heteroatoms. The molecule has 2 aromatic carbocycles. The van der Waals surface area contributed by atoms with Crippen LogP contribution in [0.1, 0.15) is 12.8 Å². The maximum atomic E-state index is 9.45. The molecule has 0 aliphatic carbocycles. The Kier molecular flexibility index (Phi) is 8.58. The minimum absolute atomic E-state index is 0.207. The van der Waals surface area contributed by atoms with Crippen molar-refractivity contribution in [3.8, 4) is 11.5 Å². The normalized spacial score (nSPS) is 11.8. The summed E-state index contributed by atoms with van der Waals surface area (Å²) in [4.78, 5) is 0. The summed E-state index contributed by atoms with van der Waals surface area (Å²) in [5, 5.41) is 36.4. The number of benzene rings is 2. The molecule has 5 aromatic rings. The molecule has 0 fully saturated rings. The molecule has 5 rings (SSSR count). The van der Waals surface area contributed by atoms with Crippen molar-refractivity contribution in [2.45, 2.75) is 39.0 Å². The first-order chi connectivity index (χ1) is 19.9. The molecule has 0 aliphatic heterocycles. The predicted molar refractivity (Wildman–Crippen MR) is 150 cm³/mol. The lowest BCUT2D eigenvalue weighted by Gasteiger charge is -1.99. The molecule has 0 aliphatic rings. The average molecular weight is 556 g/mol. The van der Waals surface area contributed by atoms with E-state index in [0.717, 1.165) is 50.9 Å². The zero-order valence-electron chi connectivity index (χ0n) is 23.3. The van der Waals surface area contributed by atoms with Crippen LogP contribution < -0.4 is 13.7 Å². The second-order valence-corrected chi connectivity index (χ2v) is 9.83. The largest absolute Gasteiger partial charge is 0.508 e. The van der Waals surface area contributed by atoms with Crippen molar-refractivity contribution in [1.29, 1.82) is 0 Å². The van der Waals surface area contributed by atoms with Crippen molar-refractivity contribution >= 4 is 23.3 Å². The molecule has 0 amide bonds. The van der Waals surface area contributed by atoms with Crippen LogP contribution in [0.25, 0.3) is 0 Å². The Morgan fingerprint density at radius 2 is 1.12 bits per heavy atom. The minimum Gasteiger partial charge on any atom is -0.508 e. The molecule has 210 valence electrons. The van der Waals surface area contributed by atoms with Gasteiger partial charge in [0.05, 0.1) is 65.1 Å². The van der Waals surface area contributed by atoms with E-state index in [-0.39, 0.29) is 11.5 Å². The van der Waals surface area contributed by atoms with Crippen LogP contribution in [0.5, 0.6) is 11.5 Å². The Labute approximate surface area is 238 Å². The van der Waals surface area contributed by atoms with Gasteiger partial charge < -0.3 is 10.2 Å². The monoisotopic (exact) mass is 555 g/mol. The first kappa shape index (κ1) is 27.4. The summed E-state index contributed by atoms with van der Waals surface area (Å²) in [7, 11) is 3.90. The smallest absolute Gasteiger partial charge is 0.421 e. The standard InChI is InChI=1S/C29H33N10O2/c1-34-17-21-38(28(34)32-30-24-5-9-26(40)10-6-24)15-3-13-36-19-20-37(23-36)14-4-16-39-22-18-35(2)29(39)33-31-25-7-11-27(41)12-8-25/h5-12,17-23H,3-4,13-16H2,1-2H3/q+1/p+2. The van der Waals surface area contributed by atoms with Crippen molar-refractivity contribution in [2.24, 2.45) is 34.6 Å². The van der Waals surface area contributed by atoms with Crippen molar-refractivity contribution in [3.63, 3.8) is 0 Å². The van der Waals surface area contributed by atoms with Crippen LogP contribution in [0.3, 0.4) is 0 Å². The van der Waals surface area contributed by atoms with Crippen LogP contribution in [-0.4, -0.2) is 23.9 Å². The number of hydrogen-bond acceptors (Lipinski definition) is 6. The van der Waals surface area contributed by atoms with Gasteiger partial charge in [-0.2, -0.15) is 0 Å². The highest BCUT2D eigenvalue weighted by Gasteiger charge is 2.16. The fourth-order valence-corrected chi connectivity index (χ4v) is 4.43. The maximum absolute atomic E-state index is 9.45. The predicted octanol–water partition coefficient (Wildman–Crippen LogP) is 4.45. The number of aryl methyl sites for hydroxylation is 6. The Morgan fingerprint density at radius 1 is 0.610 bits per heavy atom. The van der Waals surface area contributed by atoms with Crippen LogP contribution in [0, 0.1) is 0 Å². The number of phenols is 2. The average Bonchev–Trinajstić information content (AvgIpc) is 3.67. The van der Waals surface area contributed by atoms with Crippen LogP contribution in [0.15, 0.2) is 112 Å². The van der Waals surface area contributed by atoms with Crippen LogP contribution in [-0.2, 0) is 40.3 Å². The lowest BCUT2D eigenvalue weighted by Crippen LogP contribution is -2.32. The van der Waals surface area contributed by atoms with E-state index in [2.05, 4.69) is 57.4 Å². The summed E-state index contributed by atoms with van der Waals surface area (Å²) in [6.45, 7) is 3.40. The number of imidazole rings is 3. The van der Waals surface area contributed by atoms with Crippen LogP contribution in [0.4, 0.5) is 23.3 Å². The van der Waals surface area contributed by atoms with Gasteiger partial charge in [0.15, 0.2) is 0 Å². The van der Waals surface area contributed by atoms with Crippen LogP contribution >= 0.6 is 0 Å². The number of hydrogen-bond donors (Lipinski definition) is 2. The number of aromatic hydroxyl groups is 2. The molecular weight excluding hydrogens is 520 g/mol. The topological polar surface area (TPSA) is 116 Å². The summed E-state index contributed by atoms with van der Waals surface area (Å²) in [6, 6.07) is 13.3. The molecule has 2 N–H and O–H groups in total. The summed E-state index contributed by atoms with van der Waals surface area (Å²) in [5.41, 5.74) is 1.38. The number of azo groups is 2. The zero-order chi connectivity index (χ0) is 28.6. The lowest BCUT2D eigenvalue weighted by atomic mass is 10.3. The highest BCUT2D eigenvalue weighted by Crippen LogP contribution is 2.20. The first-order valence-electron chi connectivity index (χ1n) is 13.5. The number of phenolic OH excluding ortho intramolecular Hbond substituents is 2. The summed E-state index contributed by atoms with van der Waals surface area (Å²) in [5.74, 6) is 1.94. The third-order valence-corrected chi connectivity index (χ3v) is 6.67. The van der Waals surface area contributed by atoms with Gasteiger partial charge in [0.1, 0.15) is 35.3 Å². The van der Waals surface area contributed by atoms with Gasteiger partial charge in [0.25, 0.3) is 0 Å². The van der Waals surface area contributed by atoms with E-state index in [0.29, 0.717) is 11.4 Å². The number of nitrogens with zero attached hydrogens (tertiary/aromatic N) is 10. The van der Waals surface area contributed by atoms with E-state index in [9.17, 15) is 10.2 Å². The molecule has 0 radical (unpaired) electrons. The first-order valence-corrected chi connectivity index (χ1v) is 13.5. The van der Waals surface area contributed by atoms with E-state index < -0.39 is 0 Å². The van der Waals surface area contributed by atoms with Gasteiger partial charge in [-0.3, -0.25) is 0 Å². The van der Waals surface area contributed by atoms with Crippen molar-refractivity contribution in [2.75, 3.05) is 0 Å². The molecule has 3 aromatic heterocycles. The summed E-state index contributed by atoms with van der Waals surface area (Å²) >= 11 is 0. The second-order valence-electron chi connectivity index (χ2n) is 9.83. The molecular formula is C29H35N10O2+3. The Morgan fingerprint density at radius 3 is 1.66 bits per heavy atom. The van der Waals surface area contributed by atoms with Gasteiger partial charge >= 0.3 is 11.9 Å². The van der Waals surface area contributed by atoms with Crippen molar-refractivity contribution in [1.82, 2.24) is 13.7 Å². The molecule has 0 spiro atoms. The molecule has 3 heterocycles. The molecule has 0 unspecified atom stereocenters. The fraction of sp³-hybridized carbons (Fsp3) is 0.276.